The number of carbonyl (C=O) groups excluding carboxylic acids is 1. The molecule has 0 spiro atoms. The molecular formula is C14H17N3O. The Hall–Kier alpha value is -1.84. The van der Waals surface area contributed by atoms with Crippen LogP contribution in [0.1, 0.15) is 48.3 Å². The van der Waals surface area contributed by atoms with Gasteiger partial charge in [-0.1, -0.05) is 6.92 Å². The zero-order valence-corrected chi connectivity index (χ0v) is 10.5. The molecule has 4 heteroatoms. The van der Waals surface area contributed by atoms with Gasteiger partial charge in [-0.15, -0.1) is 0 Å². The Morgan fingerprint density at radius 2 is 2.33 bits per heavy atom. The maximum Gasteiger partial charge on any atom is 0.164 e. The molecule has 0 unspecified atom stereocenters. The zero-order chi connectivity index (χ0) is 12.5. The lowest BCUT2D eigenvalue weighted by Gasteiger charge is -2.07. The average Bonchev–Trinajstić information content (AvgIpc) is 2.95. The normalized spacial score (nSPS) is 14.9. The van der Waals surface area contributed by atoms with Crippen LogP contribution in [0, 0.1) is 0 Å². The molecule has 3 rings (SSSR count). The predicted octanol–water partition coefficient (Wildman–Crippen LogP) is 2.66. The Labute approximate surface area is 106 Å². The maximum atomic E-state index is 11.6. The third kappa shape index (κ3) is 2.10. The molecule has 2 aromatic heterocycles. The highest BCUT2D eigenvalue weighted by Crippen LogP contribution is 2.35. The van der Waals surface area contributed by atoms with Crippen molar-refractivity contribution in [1.29, 1.82) is 0 Å². The zero-order valence-electron chi connectivity index (χ0n) is 10.5. The van der Waals surface area contributed by atoms with Crippen molar-refractivity contribution >= 4 is 5.78 Å². The fourth-order valence-electron chi connectivity index (χ4n) is 2.23. The monoisotopic (exact) mass is 243 g/mol. The van der Waals surface area contributed by atoms with Crippen LogP contribution < -0.4 is 0 Å². The number of Topliss-reactive ketones (excluding diaryl/α,β-unsaturated/α-hetero) is 1. The van der Waals surface area contributed by atoms with Gasteiger partial charge in [0.25, 0.3) is 0 Å². The summed E-state index contributed by atoms with van der Waals surface area (Å²) in [7, 11) is 0. The van der Waals surface area contributed by atoms with Crippen LogP contribution in [-0.2, 0) is 6.54 Å². The summed E-state index contributed by atoms with van der Waals surface area (Å²) in [5.41, 5.74) is 2.01. The molecule has 2 heterocycles. The molecule has 1 fully saturated rings. The highest BCUT2D eigenvalue weighted by atomic mass is 16.1. The van der Waals surface area contributed by atoms with E-state index in [0.717, 1.165) is 12.1 Å². The third-order valence-corrected chi connectivity index (χ3v) is 3.42. The fourth-order valence-corrected chi connectivity index (χ4v) is 2.23. The fraction of sp³-hybridized carbons (Fsp3) is 0.429. The van der Waals surface area contributed by atoms with Crippen molar-refractivity contribution in [3.8, 4) is 0 Å². The van der Waals surface area contributed by atoms with Crippen LogP contribution in [0.5, 0.6) is 0 Å². The van der Waals surface area contributed by atoms with Crippen LogP contribution in [0.25, 0.3) is 0 Å². The SMILES string of the molecule is CCC(=O)c1ccn(Cc2cncn2C2CC2)c1. The van der Waals surface area contributed by atoms with E-state index in [0.29, 0.717) is 12.5 Å². The molecule has 1 aliphatic carbocycles. The van der Waals surface area contributed by atoms with Gasteiger partial charge in [-0.25, -0.2) is 4.98 Å². The first-order valence-corrected chi connectivity index (χ1v) is 6.47. The van der Waals surface area contributed by atoms with E-state index in [1.807, 2.05) is 37.9 Å². The minimum absolute atomic E-state index is 0.199. The molecule has 4 nitrogen and oxygen atoms in total. The Morgan fingerprint density at radius 1 is 1.50 bits per heavy atom. The summed E-state index contributed by atoms with van der Waals surface area (Å²) in [4.78, 5) is 15.8. The summed E-state index contributed by atoms with van der Waals surface area (Å²) in [6.45, 7) is 2.68. The molecule has 0 aromatic carbocycles. The Kier molecular flexibility index (Phi) is 2.78. The molecule has 1 aliphatic rings. The second-order valence-electron chi connectivity index (χ2n) is 4.87. The van der Waals surface area contributed by atoms with Gasteiger partial charge in [0.05, 0.1) is 18.6 Å². The first kappa shape index (κ1) is 11.3. The number of aromatic nitrogens is 3. The van der Waals surface area contributed by atoms with E-state index in [-0.39, 0.29) is 5.78 Å². The quantitative estimate of drug-likeness (QED) is 0.757. The summed E-state index contributed by atoms with van der Waals surface area (Å²) < 4.78 is 4.31. The van der Waals surface area contributed by atoms with Gasteiger partial charge in [-0.05, 0) is 18.9 Å². The van der Waals surface area contributed by atoms with Crippen molar-refractivity contribution in [3.05, 3.63) is 42.2 Å². The number of ketones is 1. The van der Waals surface area contributed by atoms with E-state index < -0.39 is 0 Å². The van der Waals surface area contributed by atoms with Gasteiger partial charge < -0.3 is 9.13 Å². The second-order valence-corrected chi connectivity index (χ2v) is 4.87. The molecule has 94 valence electrons. The van der Waals surface area contributed by atoms with Gasteiger partial charge in [-0.3, -0.25) is 4.79 Å². The van der Waals surface area contributed by atoms with Crippen LogP contribution >= 0.6 is 0 Å². The molecular weight excluding hydrogens is 226 g/mol. The number of imidazole rings is 1. The predicted molar refractivity (Wildman–Crippen MR) is 68.7 cm³/mol. The van der Waals surface area contributed by atoms with Gasteiger partial charge in [0.15, 0.2) is 5.78 Å². The lowest BCUT2D eigenvalue weighted by Crippen LogP contribution is -2.04. The van der Waals surface area contributed by atoms with E-state index in [1.165, 1.54) is 18.5 Å². The lowest BCUT2D eigenvalue weighted by atomic mass is 10.2. The van der Waals surface area contributed by atoms with Gasteiger partial charge in [-0.2, -0.15) is 0 Å². The second kappa shape index (κ2) is 4.44. The van der Waals surface area contributed by atoms with E-state index in [9.17, 15) is 4.79 Å². The Balaban J connectivity index is 1.77. The van der Waals surface area contributed by atoms with Crippen molar-refractivity contribution in [1.82, 2.24) is 14.1 Å². The first-order chi connectivity index (χ1) is 8.78. The molecule has 0 saturated heterocycles. The summed E-state index contributed by atoms with van der Waals surface area (Å²) in [5.74, 6) is 0.199. The molecule has 18 heavy (non-hydrogen) atoms. The number of nitrogens with zero attached hydrogens (tertiary/aromatic N) is 3. The van der Waals surface area contributed by atoms with Gasteiger partial charge in [0, 0.05) is 36.6 Å². The van der Waals surface area contributed by atoms with Crippen molar-refractivity contribution < 1.29 is 4.79 Å². The highest BCUT2D eigenvalue weighted by Gasteiger charge is 2.25. The number of hydrogen-bond acceptors (Lipinski definition) is 2. The minimum Gasteiger partial charge on any atom is -0.348 e. The van der Waals surface area contributed by atoms with Crippen LogP contribution in [0.2, 0.25) is 0 Å². The molecule has 1 saturated carbocycles. The van der Waals surface area contributed by atoms with Gasteiger partial charge >= 0.3 is 0 Å². The lowest BCUT2D eigenvalue weighted by molar-refractivity contribution is 0.0988. The first-order valence-electron chi connectivity index (χ1n) is 6.47. The van der Waals surface area contributed by atoms with E-state index >= 15 is 0 Å². The molecule has 0 bridgehead atoms. The van der Waals surface area contributed by atoms with Crippen LogP contribution in [-0.4, -0.2) is 19.9 Å². The summed E-state index contributed by atoms with van der Waals surface area (Å²) in [6, 6.07) is 2.54. The Morgan fingerprint density at radius 3 is 3.06 bits per heavy atom. The van der Waals surface area contributed by atoms with Crippen molar-refractivity contribution in [2.45, 2.75) is 38.8 Å². The highest BCUT2D eigenvalue weighted by molar-refractivity contribution is 5.95. The third-order valence-electron chi connectivity index (χ3n) is 3.42. The van der Waals surface area contributed by atoms with E-state index in [2.05, 4.69) is 14.1 Å². The van der Waals surface area contributed by atoms with Crippen molar-refractivity contribution in [3.63, 3.8) is 0 Å². The Bertz CT molecular complexity index is 563. The molecule has 0 N–H and O–H groups in total. The van der Waals surface area contributed by atoms with Crippen LogP contribution in [0.3, 0.4) is 0 Å². The number of rotatable bonds is 5. The number of hydrogen-bond donors (Lipinski definition) is 0. The minimum atomic E-state index is 0.199. The molecule has 0 amide bonds. The largest absolute Gasteiger partial charge is 0.348 e. The molecule has 0 radical (unpaired) electrons. The van der Waals surface area contributed by atoms with E-state index in [4.69, 9.17) is 0 Å². The summed E-state index contributed by atoms with van der Waals surface area (Å²) in [6.07, 6.45) is 10.8. The van der Waals surface area contributed by atoms with Crippen molar-refractivity contribution in [2.24, 2.45) is 0 Å². The maximum absolute atomic E-state index is 11.6. The van der Waals surface area contributed by atoms with Crippen LogP contribution in [0.15, 0.2) is 31.0 Å². The van der Waals surface area contributed by atoms with Gasteiger partial charge in [0.1, 0.15) is 0 Å². The molecule has 0 aliphatic heterocycles. The molecule has 0 atom stereocenters. The smallest absolute Gasteiger partial charge is 0.164 e. The van der Waals surface area contributed by atoms with Crippen molar-refractivity contribution in [2.75, 3.05) is 0 Å². The molecule has 2 aromatic rings. The number of carbonyl (C=O) groups is 1. The van der Waals surface area contributed by atoms with E-state index in [1.54, 1.807) is 0 Å². The van der Waals surface area contributed by atoms with Gasteiger partial charge in [0.2, 0.25) is 0 Å². The standard InChI is InChI=1S/C14H17N3O/c1-2-14(18)11-5-6-16(8-11)9-13-7-15-10-17(13)12-3-4-12/h5-8,10,12H,2-4,9H2,1H3. The average molecular weight is 243 g/mol. The topological polar surface area (TPSA) is 39.8 Å². The van der Waals surface area contributed by atoms with Crippen LogP contribution in [0.4, 0.5) is 0 Å². The summed E-state index contributed by atoms with van der Waals surface area (Å²) >= 11 is 0. The summed E-state index contributed by atoms with van der Waals surface area (Å²) in [5, 5.41) is 0.